The van der Waals surface area contributed by atoms with Gasteiger partial charge in [-0.25, -0.2) is 4.68 Å². The van der Waals surface area contributed by atoms with Crippen LogP contribution in [0, 0.1) is 17.0 Å². The molecule has 0 bridgehead atoms. The smallest absolute Gasteiger partial charge is 0.333 e. The van der Waals surface area contributed by atoms with Crippen molar-refractivity contribution in [3.8, 4) is 0 Å². The normalized spacial score (nSPS) is 11.6. The average molecular weight is 268 g/mol. The Hall–Kier alpha value is -1.59. The van der Waals surface area contributed by atoms with Gasteiger partial charge >= 0.3 is 5.69 Å². The number of nitro groups is 1. The lowest BCUT2D eigenvalue weighted by Gasteiger charge is -2.26. The maximum atomic E-state index is 11.2. The summed E-state index contributed by atoms with van der Waals surface area (Å²) in [7, 11) is 0. The summed E-state index contributed by atoms with van der Waals surface area (Å²) in [5.74, 6) is 0.530. The van der Waals surface area contributed by atoms with E-state index in [9.17, 15) is 10.1 Å². The molecule has 0 fully saturated rings. The monoisotopic (exact) mass is 268 g/mol. The number of aryl methyl sites for hydroxylation is 2. The van der Waals surface area contributed by atoms with Gasteiger partial charge in [-0.05, 0) is 33.6 Å². The molecular formula is C13H24N4O2. The SMILES string of the molecule is CCCn1nc(C)c([N+](=O)[O-])c1NC(C)(C)CCC. The summed E-state index contributed by atoms with van der Waals surface area (Å²) in [6.07, 6.45) is 2.86. The lowest BCUT2D eigenvalue weighted by atomic mass is 9.99. The third-order valence-corrected chi connectivity index (χ3v) is 3.05. The minimum atomic E-state index is -0.348. The molecule has 1 rings (SSSR count). The predicted octanol–water partition coefficient (Wildman–Crippen LogP) is 3.50. The number of hydrogen-bond donors (Lipinski definition) is 1. The van der Waals surface area contributed by atoms with Crippen molar-refractivity contribution in [1.82, 2.24) is 9.78 Å². The molecule has 0 aromatic carbocycles. The summed E-state index contributed by atoms with van der Waals surface area (Å²) in [4.78, 5) is 10.9. The van der Waals surface area contributed by atoms with Gasteiger partial charge in [-0.3, -0.25) is 10.1 Å². The first-order valence-electron chi connectivity index (χ1n) is 6.82. The zero-order valence-corrected chi connectivity index (χ0v) is 12.5. The van der Waals surface area contributed by atoms with E-state index in [4.69, 9.17) is 0 Å². The van der Waals surface area contributed by atoms with E-state index in [0.717, 1.165) is 19.3 Å². The summed E-state index contributed by atoms with van der Waals surface area (Å²) in [6, 6.07) is 0. The van der Waals surface area contributed by atoms with Crippen molar-refractivity contribution < 1.29 is 4.92 Å². The van der Waals surface area contributed by atoms with Gasteiger partial charge in [0, 0.05) is 12.1 Å². The maximum absolute atomic E-state index is 11.2. The Labute approximate surface area is 114 Å². The highest BCUT2D eigenvalue weighted by atomic mass is 16.6. The second-order valence-corrected chi connectivity index (χ2v) is 5.52. The third-order valence-electron chi connectivity index (χ3n) is 3.05. The topological polar surface area (TPSA) is 73.0 Å². The highest BCUT2D eigenvalue weighted by molar-refractivity contribution is 5.60. The molecule has 0 amide bonds. The molecule has 0 spiro atoms. The van der Waals surface area contributed by atoms with E-state index < -0.39 is 0 Å². The first-order valence-corrected chi connectivity index (χ1v) is 6.82. The van der Waals surface area contributed by atoms with Crippen molar-refractivity contribution in [2.45, 2.75) is 66.0 Å². The molecule has 19 heavy (non-hydrogen) atoms. The van der Waals surface area contributed by atoms with E-state index in [2.05, 4.69) is 31.2 Å². The van der Waals surface area contributed by atoms with Crippen molar-refractivity contribution in [2.24, 2.45) is 0 Å². The number of aromatic nitrogens is 2. The van der Waals surface area contributed by atoms with E-state index >= 15 is 0 Å². The molecule has 0 atom stereocenters. The van der Waals surface area contributed by atoms with Crippen molar-refractivity contribution in [3.63, 3.8) is 0 Å². The molecule has 1 aromatic rings. The summed E-state index contributed by atoms with van der Waals surface area (Å²) >= 11 is 0. The Morgan fingerprint density at radius 3 is 2.47 bits per heavy atom. The van der Waals surface area contributed by atoms with Gasteiger partial charge in [-0.1, -0.05) is 20.3 Å². The van der Waals surface area contributed by atoms with Gasteiger partial charge in [-0.15, -0.1) is 0 Å². The fourth-order valence-corrected chi connectivity index (χ4v) is 2.30. The molecule has 6 nitrogen and oxygen atoms in total. The van der Waals surface area contributed by atoms with E-state index in [-0.39, 0.29) is 16.1 Å². The van der Waals surface area contributed by atoms with Crippen LogP contribution in [0.4, 0.5) is 11.5 Å². The van der Waals surface area contributed by atoms with Crippen molar-refractivity contribution in [2.75, 3.05) is 5.32 Å². The molecule has 0 aliphatic heterocycles. The van der Waals surface area contributed by atoms with Gasteiger partial charge in [0.25, 0.3) is 0 Å². The molecule has 1 N–H and O–H groups in total. The lowest BCUT2D eigenvalue weighted by Crippen LogP contribution is -2.32. The van der Waals surface area contributed by atoms with Crippen LogP contribution < -0.4 is 5.32 Å². The molecular weight excluding hydrogens is 244 g/mol. The Morgan fingerprint density at radius 2 is 2.00 bits per heavy atom. The van der Waals surface area contributed by atoms with Crippen LogP contribution in [-0.4, -0.2) is 20.2 Å². The molecule has 0 unspecified atom stereocenters. The molecule has 6 heteroatoms. The minimum absolute atomic E-state index is 0.0950. The molecule has 0 aliphatic carbocycles. The standard InChI is InChI=1S/C13H24N4O2/c1-6-8-13(4,5)14-12-11(17(18)19)10(3)15-16(12)9-7-2/h14H,6-9H2,1-5H3. The maximum Gasteiger partial charge on any atom is 0.333 e. The van der Waals surface area contributed by atoms with Gasteiger partial charge in [0.1, 0.15) is 5.69 Å². The predicted molar refractivity (Wildman–Crippen MR) is 76.5 cm³/mol. The highest BCUT2D eigenvalue weighted by Gasteiger charge is 2.29. The Balaban J connectivity index is 3.18. The summed E-state index contributed by atoms with van der Waals surface area (Å²) < 4.78 is 1.71. The largest absolute Gasteiger partial charge is 0.360 e. The quantitative estimate of drug-likeness (QED) is 0.606. The van der Waals surface area contributed by atoms with Crippen LogP contribution in [0.25, 0.3) is 0 Å². The highest BCUT2D eigenvalue weighted by Crippen LogP contribution is 2.31. The van der Waals surface area contributed by atoms with Crippen molar-refractivity contribution in [1.29, 1.82) is 0 Å². The molecule has 108 valence electrons. The minimum Gasteiger partial charge on any atom is -0.360 e. The fraction of sp³-hybridized carbons (Fsp3) is 0.769. The van der Waals surface area contributed by atoms with Crippen LogP contribution in [0.3, 0.4) is 0 Å². The number of nitrogens with one attached hydrogen (secondary N) is 1. The van der Waals surface area contributed by atoms with Crippen LogP contribution in [0.2, 0.25) is 0 Å². The van der Waals surface area contributed by atoms with Crippen molar-refractivity contribution in [3.05, 3.63) is 15.8 Å². The van der Waals surface area contributed by atoms with Gasteiger partial charge < -0.3 is 5.32 Å². The molecule has 0 aliphatic rings. The molecule has 0 radical (unpaired) electrons. The lowest BCUT2D eigenvalue weighted by molar-refractivity contribution is -0.384. The zero-order chi connectivity index (χ0) is 14.6. The Morgan fingerprint density at radius 1 is 1.37 bits per heavy atom. The number of hydrogen-bond acceptors (Lipinski definition) is 4. The summed E-state index contributed by atoms with van der Waals surface area (Å²) in [5, 5.41) is 18.8. The Kier molecular flexibility index (Phi) is 4.91. The molecule has 0 saturated heterocycles. The van der Waals surface area contributed by atoms with Crippen molar-refractivity contribution >= 4 is 11.5 Å². The average Bonchev–Trinajstić information content (AvgIpc) is 2.54. The molecule has 0 saturated carbocycles. The van der Waals surface area contributed by atoms with E-state index in [1.807, 2.05) is 6.92 Å². The summed E-state index contributed by atoms with van der Waals surface area (Å²) in [5.41, 5.74) is 0.378. The van der Waals surface area contributed by atoms with E-state index in [0.29, 0.717) is 18.1 Å². The molecule has 1 aromatic heterocycles. The summed E-state index contributed by atoms with van der Waals surface area (Å²) in [6.45, 7) is 10.6. The van der Waals surface area contributed by atoms with E-state index in [1.165, 1.54) is 0 Å². The van der Waals surface area contributed by atoms with E-state index in [1.54, 1.807) is 11.6 Å². The van der Waals surface area contributed by atoms with Crippen LogP contribution in [0.5, 0.6) is 0 Å². The van der Waals surface area contributed by atoms with Crippen LogP contribution >= 0.6 is 0 Å². The van der Waals surface area contributed by atoms with Gasteiger partial charge in [0.05, 0.1) is 4.92 Å². The number of anilines is 1. The fourth-order valence-electron chi connectivity index (χ4n) is 2.30. The zero-order valence-electron chi connectivity index (χ0n) is 12.5. The second kappa shape index (κ2) is 6.04. The molecule has 1 heterocycles. The second-order valence-electron chi connectivity index (χ2n) is 5.52. The van der Waals surface area contributed by atoms with Crippen LogP contribution in [0.1, 0.15) is 52.7 Å². The van der Waals surface area contributed by atoms with Gasteiger partial charge in [0.2, 0.25) is 5.82 Å². The Bertz CT molecular complexity index is 452. The number of nitrogens with zero attached hydrogens (tertiary/aromatic N) is 3. The first-order chi connectivity index (χ1) is 8.82. The van der Waals surface area contributed by atoms with Gasteiger partial charge in [-0.2, -0.15) is 5.10 Å². The number of rotatable bonds is 7. The third kappa shape index (κ3) is 3.68. The van der Waals surface area contributed by atoms with Gasteiger partial charge in [0.15, 0.2) is 0 Å². The first kappa shape index (κ1) is 15.5. The van der Waals surface area contributed by atoms with Crippen LogP contribution in [-0.2, 0) is 6.54 Å². The van der Waals surface area contributed by atoms with Crippen LogP contribution in [0.15, 0.2) is 0 Å².